The summed E-state index contributed by atoms with van der Waals surface area (Å²) >= 11 is 0. The smallest absolute Gasteiger partial charge is 0.332 e. The molecule has 0 spiro atoms. The highest BCUT2D eigenvalue weighted by atomic mass is 16.6. The van der Waals surface area contributed by atoms with Crippen molar-refractivity contribution in [2.24, 2.45) is 0 Å². The van der Waals surface area contributed by atoms with E-state index in [2.05, 4.69) is 4.74 Å². The Balaban J connectivity index is 2.23. The van der Waals surface area contributed by atoms with Crippen LogP contribution in [0.4, 0.5) is 0 Å². The molecule has 0 aromatic heterocycles. The second kappa shape index (κ2) is 6.02. The summed E-state index contributed by atoms with van der Waals surface area (Å²) in [6.45, 7) is 0. The number of rotatable bonds is 3. The molecule has 0 saturated heterocycles. The summed E-state index contributed by atoms with van der Waals surface area (Å²) in [5.41, 5.74) is 0. The molecular formula is C10H13NO4. The highest BCUT2D eigenvalue weighted by molar-refractivity contribution is 5.91. The molecule has 0 N–H and O–H groups in total. The van der Waals surface area contributed by atoms with Crippen LogP contribution in [0.5, 0.6) is 0 Å². The fourth-order valence-electron chi connectivity index (χ4n) is 1.62. The van der Waals surface area contributed by atoms with Gasteiger partial charge in [0.2, 0.25) is 0 Å². The molecule has 1 aliphatic rings. The van der Waals surface area contributed by atoms with E-state index in [1.165, 1.54) is 12.7 Å². The summed E-state index contributed by atoms with van der Waals surface area (Å²) in [5.74, 6) is -1.47. The molecular weight excluding hydrogens is 198 g/mol. The number of nitriles is 1. The highest BCUT2D eigenvalue weighted by Gasteiger charge is 2.19. The van der Waals surface area contributed by atoms with Crippen molar-refractivity contribution < 1.29 is 19.1 Å². The Morgan fingerprint density at radius 3 is 2.47 bits per heavy atom. The van der Waals surface area contributed by atoms with Crippen LogP contribution in [0.3, 0.4) is 0 Å². The lowest BCUT2D eigenvalue weighted by Gasteiger charge is -2.21. The Kier molecular flexibility index (Phi) is 4.61. The SMILES string of the molecule is N#COC(=O)CC(=O)OC1CCCCC1. The maximum atomic E-state index is 11.2. The van der Waals surface area contributed by atoms with E-state index in [4.69, 9.17) is 10.00 Å². The van der Waals surface area contributed by atoms with Crippen molar-refractivity contribution in [1.29, 1.82) is 5.26 Å². The van der Waals surface area contributed by atoms with Crippen molar-refractivity contribution in [2.45, 2.75) is 44.6 Å². The largest absolute Gasteiger partial charge is 0.462 e. The maximum Gasteiger partial charge on any atom is 0.332 e. The number of esters is 2. The lowest BCUT2D eigenvalue weighted by atomic mass is 9.98. The normalized spacial score (nSPS) is 16.5. The Morgan fingerprint density at radius 1 is 1.20 bits per heavy atom. The molecule has 0 atom stereocenters. The average Bonchev–Trinajstić information content (AvgIpc) is 2.19. The summed E-state index contributed by atoms with van der Waals surface area (Å²) in [6.07, 6.45) is 5.67. The summed E-state index contributed by atoms with van der Waals surface area (Å²) < 4.78 is 9.03. The van der Waals surface area contributed by atoms with Gasteiger partial charge in [-0.15, -0.1) is 5.26 Å². The van der Waals surface area contributed by atoms with Gasteiger partial charge in [-0.2, -0.15) is 0 Å². The van der Waals surface area contributed by atoms with Gasteiger partial charge in [0.1, 0.15) is 12.5 Å². The van der Waals surface area contributed by atoms with Crippen LogP contribution < -0.4 is 0 Å². The van der Waals surface area contributed by atoms with Crippen LogP contribution in [0.1, 0.15) is 38.5 Å². The van der Waals surface area contributed by atoms with Gasteiger partial charge in [-0.3, -0.25) is 9.59 Å². The van der Waals surface area contributed by atoms with Gasteiger partial charge in [-0.1, -0.05) is 6.42 Å². The fraction of sp³-hybridized carbons (Fsp3) is 0.700. The topological polar surface area (TPSA) is 76.4 Å². The lowest BCUT2D eigenvalue weighted by Crippen LogP contribution is -2.22. The second-order valence-electron chi connectivity index (χ2n) is 3.49. The first kappa shape index (κ1) is 11.5. The first-order valence-corrected chi connectivity index (χ1v) is 5.00. The molecule has 1 rings (SSSR count). The van der Waals surface area contributed by atoms with Crippen molar-refractivity contribution in [1.82, 2.24) is 0 Å². The van der Waals surface area contributed by atoms with Crippen LogP contribution in [0.2, 0.25) is 0 Å². The average molecular weight is 211 g/mol. The van der Waals surface area contributed by atoms with Gasteiger partial charge in [-0.25, -0.2) is 0 Å². The van der Waals surface area contributed by atoms with Crippen molar-refractivity contribution in [3.05, 3.63) is 0 Å². The first-order valence-electron chi connectivity index (χ1n) is 5.00. The maximum absolute atomic E-state index is 11.2. The third kappa shape index (κ3) is 4.45. The Bertz CT molecular complexity index is 276. The molecule has 82 valence electrons. The van der Waals surface area contributed by atoms with Crippen LogP contribution in [0, 0.1) is 11.5 Å². The Hall–Kier alpha value is -1.57. The van der Waals surface area contributed by atoms with Crippen LogP contribution >= 0.6 is 0 Å². The number of nitrogens with zero attached hydrogens (tertiary/aromatic N) is 1. The van der Waals surface area contributed by atoms with E-state index >= 15 is 0 Å². The monoisotopic (exact) mass is 211 g/mol. The van der Waals surface area contributed by atoms with Gasteiger partial charge in [-0.05, 0) is 25.7 Å². The van der Waals surface area contributed by atoms with E-state index in [0.29, 0.717) is 0 Å². The van der Waals surface area contributed by atoms with Crippen LogP contribution in [0.25, 0.3) is 0 Å². The summed E-state index contributed by atoms with van der Waals surface area (Å²) in [7, 11) is 0. The zero-order valence-corrected chi connectivity index (χ0v) is 8.40. The molecule has 0 heterocycles. The number of hydrogen-bond donors (Lipinski definition) is 0. The van der Waals surface area contributed by atoms with E-state index in [9.17, 15) is 9.59 Å². The zero-order valence-electron chi connectivity index (χ0n) is 8.40. The first-order chi connectivity index (χ1) is 7.22. The van der Waals surface area contributed by atoms with Gasteiger partial charge in [0.05, 0.1) is 0 Å². The fourth-order valence-corrected chi connectivity index (χ4v) is 1.62. The van der Waals surface area contributed by atoms with Crippen molar-refractivity contribution >= 4 is 11.9 Å². The quantitative estimate of drug-likeness (QED) is 0.399. The van der Waals surface area contributed by atoms with Gasteiger partial charge in [0, 0.05) is 0 Å². The van der Waals surface area contributed by atoms with E-state index in [-0.39, 0.29) is 6.10 Å². The number of hydrogen-bond acceptors (Lipinski definition) is 5. The molecule has 0 unspecified atom stereocenters. The molecule has 15 heavy (non-hydrogen) atoms. The van der Waals surface area contributed by atoms with E-state index < -0.39 is 18.4 Å². The highest BCUT2D eigenvalue weighted by Crippen LogP contribution is 2.20. The Morgan fingerprint density at radius 2 is 1.87 bits per heavy atom. The second-order valence-corrected chi connectivity index (χ2v) is 3.49. The summed E-state index contributed by atoms with van der Waals surface area (Å²) in [4.78, 5) is 21.9. The zero-order chi connectivity index (χ0) is 11.1. The van der Waals surface area contributed by atoms with E-state index in [1.807, 2.05) is 0 Å². The van der Waals surface area contributed by atoms with Gasteiger partial charge < -0.3 is 9.47 Å². The van der Waals surface area contributed by atoms with Crippen molar-refractivity contribution in [2.75, 3.05) is 0 Å². The van der Waals surface area contributed by atoms with Gasteiger partial charge in [0.15, 0.2) is 0 Å². The third-order valence-electron chi connectivity index (χ3n) is 2.30. The molecule has 1 aliphatic carbocycles. The van der Waals surface area contributed by atoms with Gasteiger partial charge in [0.25, 0.3) is 6.26 Å². The third-order valence-corrected chi connectivity index (χ3v) is 2.30. The van der Waals surface area contributed by atoms with Crippen LogP contribution in [-0.4, -0.2) is 18.0 Å². The molecule has 0 aliphatic heterocycles. The Labute approximate surface area is 88.0 Å². The summed E-state index contributed by atoms with van der Waals surface area (Å²) in [6, 6.07) is 0. The minimum absolute atomic E-state index is 0.0684. The van der Waals surface area contributed by atoms with E-state index in [0.717, 1.165) is 25.7 Å². The summed E-state index contributed by atoms with van der Waals surface area (Å²) in [5, 5.41) is 8.03. The molecule has 0 radical (unpaired) electrons. The van der Waals surface area contributed by atoms with Crippen LogP contribution in [0.15, 0.2) is 0 Å². The lowest BCUT2D eigenvalue weighted by molar-refractivity contribution is -0.156. The standard InChI is InChI=1S/C10H13NO4/c11-7-14-9(12)6-10(13)15-8-4-2-1-3-5-8/h8H,1-6H2. The number of carbonyl (C=O) groups is 2. The molecule has 1 saturated carbocycles. The van der Waals surface area contributed by atoms with Gasteiger partial charge >= 0.3 is 11.9 Å². The predicted molar refractivity (Wildman–Crippen MR) is 49.3 cm³/mol. The molecule has 0 amide bonds. The number of ether oxygens (including phenoxy) is 2. The molecule has 0 bridgehead atoms. The minimum Gasteiger partial charge on any atom is -0.462 e. The van der Waals surface area contributed by atoms with Crippen molar-refractivity contribution in [3.63, 3.8) is 0 Å². The predicted octanol–water partition coefficient (Wildman–Crippen LogP) is 1.28. The molecule has 1 fully saturated rings. The molecule has 5 heteroatoms. The van der Waals surface area contributed by atoms with Crippen LogP contribution in [-0.2, 0) is 19.1 Å². The molecule has 5 nitrogen and oxygen atoms in total. The minimum atomic E-state index is -0.863. The number of carbonyl (C=O) groups excluding carboxylic acids is 2. The van der Waals surface area contributed by atoms with E-state index in [1.54, 1.807) is 0 Å². The molecule has 0 aromatic rings. The molecule has 0 aromatic carbocycles. The van der Waals surface area contributed by atoms with Crippen molar-refractivity contribution in [3.8, 4) is 6.26 Å².